The number of carbonyl (C=O) groups is 2. The van der Waals surface area contributed by atoms with E-state index in [0.29, 0.717) is 36.6 Å². The number of benzene rings is 2. The molecule has 0 aromatic heterocycles. The number of hydrogen-bond acceptors (Lipinski definition) is 2. The van der Waals surface area contributed by atoms with Crippen molar-refractivity contribution in [2.75, 3.05) is 18.4 Å². The molecule has 1 N–H and O–H groups in total. The normalized spacial score (nSPS) is 15.0. The van der Waals surface area contributed by atoms with Gasteiger partial charge in [-0.3, -0.25) is 9.59 Å². The first kappa shape index (κ1) is 20.2. The second kappa shape index (κ2) is 9.07. The van der Waals surface area contributed by atoms with Gasteiger partial charge in [-0.15, -0.1) is 0 Å². The maximum Gasteiger partial charge on any atom is 0.246 e. The van der Waals surface area contributed by atoms with Crippen molar-refractivity contribution in [3.05, 3.63) is 70.3 Å². The minimum Gasteiger partial charge on any atom is -0.339 e. The van der Waals surface area contributed by atoms with E-state index >= 15 is 0 Å². The summed E-state index contributed by atoms with van der Waals surface area (Å²) in [5.74, 6) is -0.153. The molecule has 0 atom stereocenters. The van der Waals surface area contributed by atoms with Crippen molar-refractivity contribution in [3.8, 4) is 0 Å². The van der Waals surface area contributed by atoms with Crippen LogP contribution >= 0.6 is 11.6 Å². The van der Waals surface area contributed by atoms with Gasteiger partial charge in [0.15, 0.2) is 0 Å². The number of nitrogens with one attached hydrogen (secondary N) is 1. The van der Waals surface area contributed by atoms with E-state index in [2.05, 4.69) is 5.32 Å². The average molecular weight is 397 g/mol. The van der Waals surface area contributed by atoms with Gasteiger partial charge in [0.2, 0.25) is 11.8 Å². The Balaban J connectivity index is 1.54. The summed E-state index contributed by atoms with van der Waals surface area (Å²) in [6.07, 6.45) is 4.73. The van der Waals surface area contributed by atoms with Crippen LogP contribution < -0.4 is 5.32 Å². The fourth-order valence-corrected chi connectivity index (χ4v) is 3.87. The van der Waals surface area contributed by atoms with E-state index in [4.69, 9.17) is 11.6 Å². The Labute approximate surface area is 171 Å². The van der Waals surface area contributed by atoms with E-state index in [9.17, 15) is 9.59 Å². The Kier molecular flexibility index (Phi) is 6.53. The van der Waals surface area contributed by atoms with Crippen molar-refractivity contribution in [3.63, 3.8) is 0 Å². The lowest BCUT2D eigenvalue weighted by atomic mass is 9.95. The van der Waals surface area contributed by atoms with Crippen LogP contribution in [0.15, 0.2) is 48.5 Å². The Morgan fingerprint density at radius 2 is 1.79 bits per heavy atom. The van der Waals surface area contributed by atoms with Gasteiger partial charge in [-0.05, 0) is 55.5 Å². The van der Waals surface area contributed by atoms with Crippen LogP contribution in [0.25, 0.3) is 6.08 Å². The summed E-state index contributed by atoms with van der Waals surface area (Å²) in [5, 5.41) is 3.54. The van der Waals surface area contributed by atoms with Crippen LogP contribution in [-0.2, 0) is 9.59 Å². The third kappa shape index (κ3) is 5.02. The second-order valence-electron chi connectivity index (χ2n) is 7.27. The molecule has 4 nitrogen and oxygen atoms in total. The molecule has 0 unspecified atom stereocenters. The number of likely N-dealkylation sites (tertiary alicyclic amines) is 1. The van der Waals surface area contributed by atoms with E-state index in [1.807, 2.05) is 62.4 Å². The third-order valence-electron chi connectivity index (χ3n) is 5.08. The van der Waals surface area contributed by atoms with Crippen molar-refractivity contribution in [2.24, 2.45) is 5.92 Å². The maximum atomic E-state index is 12.7. The van der Waals surface area contributed by atoms with Crippen LogP contribution in [0.2, 0.25) is 5.02 Å². The molecule has 0 bridgehead atoms. The van der Waals surface area contributed by atoms with Crippen LogP contribution in [0, 0.1) is 19.8 Å². The van der Waals surface area contributed by atoms with Gasteiger partial charge in [-0.2, -0.15) is 0 Å². The van der Waals surface area contributed by atoms with E-state index in [1.54, 1.807) is 11.0 Å². The largest absolute Gasteiger partial charge is 0.339 e. The van der Waals surface area contributed by atoms with Crippen LogP contribution in [0.1, 0.15) is 29.5 Å². The Morgan fingerprint density at radius 3 is 2.43 bits per heavy atom. The van der Waals surface area contributed by atoms with Crippen molar-refractivity contribution in [1.82, 2.24) is 4.90 Å². The highest BCUT2D eigenvalue weighted by Crippen LogP contribution is 2.29. The first-order valence-corrected chi connectivity index (χ1v) is 9.91. The predicted octanol–water partition coefficient (Wildman–Crippen LogP) is 4.85. The van der Waals surface area contributed by atoms with E-state index < -0.39 is 0 Å². The van der Waals surface area contributed by atoms with Gasteiger partial charge in [0.25, 0.3) is 0 Å². The third-order valence-corrected chi connectivity index (χ3v) is 5.37. The molecule has 1 fully saturated rings. The number of nitrogens with zero attached hydrogens (tertiary/aromatic N) is 1. The number of hydrogen-bond donors (Lipinski definition) is 1. The molecule has 2 amide bonds. The molecule has 0 spiro atoms. The summed E-state index contributed by atoms with van der Waals surface area (Å²) in [5.41, 5.74) is 3.70. The zero-order valence-corrected chi connectivity index (χ0v) is 17.0. The van der Waals surface area contributed by atoms with Gasteiger partial charge in [-0.25, -0.2) is 0 Å². The molecule has 1 aliphatic rings. The zero-order chi connectivity index (χ0) is 20.1. The highest BCUT2D eigenvalue weighted by molar-refractivity contribution is 6.34. The lowest BCUT2D eigenvalue weighted by molar-refractivity contribution is -0.130. The van der Waals surface area contributed by atoms with Crippen molar-refractivity contribution >= 4 is 35.2 Å². The molecule has 5 heteroatoms. The minimum atomic E-state index is -0.112. The summed E-state index contributed by atoms with van der Waals surface area (Å²) in [7, 11) is 0. The van der Waals surface area contributed by atoms with Gasteiger partial charge in [0.1, 0.15) is 0 Å². The molecular formula is C23H25ClN2O2. The molecule has 0 aliphatic carbocycles. The van der Waals surface area contributed by atoms with Gasteiger partial charge >= 0.3 is 0 Å². The van der Waals surface area contributed by atoms with Gasteiger partial charge in [-0.1, -0.05) is 48.0 Å². The number of halogens is 1. The summed E-state index contributed by atoms with van der Waals surface area (Å²) in [6, 6.07) is 13.6. The standard InChI is InChI=1S/C23H25ClN2O2/c1-16-14-17(2)22(20(24)15-16)25-23(28)19-10-12-26(13-11-19)21(27)9-8-18-6-4-3-5-7-18/h3-9,14-15,19H,10-13H2,1-2H3,(H,25,28). The number of rotatable bonds is 4. The summed E-state index contributed by atoms with van der Waals surface area (Å²) >= 11 is 6.29. The fraction of sp³-hybridized carbons (Fsp3) is 0.304. The van der Waals surface area contributed by atoms with Crippen LogP contribution in [0.5, 0.6) is 0 Å². The first-order chi connectivity index (χ1) is 13.4. The highest BCUT2D eigenvalue weighted by atomic mass is 35.5. The minimum absolute atomic E-state index is 0.0138. The SMILES string of the molecule is Cc1cc(C)c(NC(=O)C2CCN(C(=O)C=Cc3ccccc3)CC2)c(Cl)c1. The lowest BCUT2D eigenvalue weighted by Crippen LogP contribution is -2.40. The molecule has 2 aromatic rings. The number of piperidine rings is 1. The quantitative estimate of drug-likeness (QED) is 0.751. The molecule has 146 valence electrons. The van der Waals surface area contributed by atoms with E-state index in [-0.39, 0.29) is 17.7 Å². The van der Waals surface area contributed by atoms with E-state index in [0.717, 1.165) is 16.7 Å². The molecule has 1 saturated heterocycles. The van der Waals surface area contributed by atoms with E-state index in [1.165, 1.54) is 0 Å². The first-order valence-electron chi connectivity index (χ1n) is 9.53. The fourth-order valence-electron chi connectivity index (χ4n) is 3.50. The zero-order valence-electron chi connectivity index (χ0n) is 16.2. The smallest absolute Gasteiger partial charge is 0.246 e. The topological polar surface area (TPSA) is 49.4 Å². The van der Waals surface area contributed by atoms with Crippen LogP contribution in [-0.4, -0.2) is 29.8 Å². The average Bonchev–Trinajstić information content (AvgIpc) is 2.69. The van der Waals surface area contributed by atoms with Gasteiger partial charge in [0.05, 0.1) is 10.7 Å². The monoisotopic (exact) mass is 396 g/mol. The second-order valence-corrected chi connectivity index (χ2v) is 7.68. The number of carbonyl (C=O) groups excluding carboxylic acids is 2. The van der Waals surface area contributed by atoms with Crippen molar-refractivity contribution < 1.29 is 9.59 Å². The molecule has 1 heterocycles. The van der Waals surface area contributed by atoms with Crippen molar-refractivity contribution in [1.29, 1.82) is 0 Å². The molecular weight excluding hydrogens is 372 g/mol. The van der Waals surface area contributed by atoms with Crippen LogP contribution in [0.4, 0.5) is 5.69 Å². The van der Waals surface area contributed by atoms with Gasteiger partial charge in [0, 0.05) is 25.1 Å². The van der Waals surface area contributed by atoms with Crippen molar-refractivity contribution in [2.45, 2.75) is 26.7 Å². The Morgan fingerprint density at radius 1 is 1.11 bits per heavy atom. The van der Waals surface area contributed by atoms with Crippen LogP contribution in [0.3, 0.4) is 0 Å². The Bertz CT molecular complexity index is 862. The lowest BCUT2D eigenvalue weighted by Gasteiger charge is -2.30. The highest BCUT2D eigenvalue weighted by Gasteiger charge is 2.27. The molecule has 28 heavy (non-hydrogen) atoms. The Hall–Kier alpha value is -2.59. The molecule has 0 saturated carbocycles. The number of anilines is 1. The molecule has 1 aliphatic heterocycles. The predicted molar refractivity (Wildman–Crippen MR) is 114 cm³/mol. The number of aryl methyl sites for hydroxylation is 2. The molecule has 3 rings (SSSR count). The summed E-state index contributed by atoms with van der Waals surface area (Å²) < 4.78 is 0. The molecule has 0 radical (unpaired) electrons. The summed E-state index contributed by atoms with van der Waals surface area (Å²) in [6.45, 7) is 5.08. The number of amides is 2. The van der Waals surface area contributed by atoms with Gasteiger partial charge < -0.3 is 10.2 Å². The maximum absolute atomic E-state index is 12.7. The summed E-state index contributed by atoms with van der Waals surface area (Å²) in [4.78, 5) is 26.8. The molecule has 2 aromatic carbocycles.